The highest BCUT2D eigenvalue weighted by Gasteiger charge is 2.16. The first-order valence-electron chi connectivity index (χ1n) is 8.05. The standard InChI is InChI=1S/C19H19N3O4/c1-22(18(23)13-25-16-11-7-6-10-15(16)24-2)12-17-20-19(21-26-17)14-8-4-3-5-9-14/h3-11H,12-13H2,1-2H3. The Bertz CT molecular complexity index is 864. The molecule has 1 amide bonds. The molecule has 3 aromatic rings. The van der Waals surface area contributed by atoms with Crippen LogP contribution in [0.4, 0.5) is 0 Å². The molecule has 0 fully saturated rings. The van der Waals surface area contributed by atoms with E-state index in [9.17, 15) is 4.79 Å². The number of hydrogen-bond donors (Lipinski definition) is 0. The van der Waals surface area contributed by atoms with Crippen LogP contribution >= 0.6 is 0 Å². The third-order valence-corrected chi connectivity index (χ3v) is 3.72. The number of ether oxygens (including phenoxy) is 2. The molecule has 0 spiro atoms. The molecule has 0 N–H and O–H groups in total. The number of rotatable bonds is 7. The second-order valence-electron chi connectivity index (χ2n) is 5.57. The lowest BCUT2D eigenvalue weighted by atomic mass is 10.2. The maximum atomic E-state index is 12.3. The zero-order valence-corrected chi connectivity index (χ0v) is 14.6. The zero-order valence-electron chi connectivity index (χ0n) is 14.6. The van der Waals surface area contributed by atoms with E-state index in [0.29, 0.717) is 23.2 Å². The van der Waals surface area contributed by atoms with Gasteiger partial charge in [0, 0.05) is 12.6 Å². The monoisotopic (exact) mass is 353 g/mol. The van der Waals surface area contributed by atoms with Gasteiger partial charge in [-0.2, -0.15) is 4.98 Å². The highest BCUT2D eigenvalue weighted by atomic mass is 16.5. The predicted molar refractivity (Wildman–Crippen MR) is 94.7 cm³/mol. The zero-order chi connectivity index (χ0) is 18.4. The first-order chi connectivity index (χ1) is 12.7. The molecule has 1 heterocycles. The van der Waals surface area contributed by atoms with Gasteiger partial charge >= 0.3 is 0 Å². The van der Waals surface area contributed by atoms with Gasteiger partial charge < -0.3 is 18.9 Å². The third kappa shape index (κ3) is 4.18. The molecular weight excluding hydrogens is 334 g/mol. The fourth-order valence-corrected chi connectivity index (χ4v) is 2.30. The Labute approximate surface area is 151 Å². The first kappa shape index (κ1) is 17.5. The summed E-state index contributed by atoms with van der Waals surface area (Å²) in [5.74, 6) is 1.73. The van der Waals surface area contributed by atoms with E-state index in [1.165, 1.54) is 4.90 Å². The van der Waals surface area contributed by atoms with Gasteiger partial charge in [0.2, 0.25) is 11.7 Å². The number of nitrogens with zero attached hydrogens (tertiary/aromatic N) is 3. The molecule has 134 valence electrons. The van der Waals surface area contributed by atoms with Gasteiger partial charge in [-0.25, -0.2) is 0 Å². The van der Waals surface area contributed by atoms with Crippen LogP contribution in [0.1, 0.15) is 5.89 Å². The molecule has 0 saturated carbocycles. The molecule has 0 aliphatic heterocycles. The van der Waals surface area contributed by atoms with Gasteiger partial charge in [0.25, 0.3) is 5.91 Å². The minimum absolute atomic E-state index is 0.115. The molecule has 0 saturated heterocycles. The lowest BCUT2D eigenvalue weighted by Gasteiger charge is -2.16. The fraction of sp³-hybridized carbons (Fsp3) is 0.211. The van der Waals surface area contributed by atoms with Gasteiger partial charge in [0.05, 0.1) is 13.7 Å². The summed E-state index contributed by atoms with van der Waals surface area (Å²) < 4.78 is 16.0. The lowest BCUT2D eigenvalue weighted by Crippen LogP contribution is -2.31. The minimum atomic E-state index is -0.213. The van der Waals surface area contributed by atoms with E-state index >= 15 is 0 Å². The van der Waals surface area contributed by atoms with Crippen LogP contribution in [0.5, 0.6) is 11.5 Å². The molecule has 0 aliphatic rings. The Kier molecular flexibility index (Phi) is 5.48. The van der Waals surface area contributed by atoms with Gasteiger partial charge in [0.1, 0.15) is 0 Å². The summed E-state index contributed by atoms with van der Waals surface area (Å²) in [5.41, 5.74) is 0.857. The van der Waals surface area contributed by atoms with Gasteiger partial charge in [-0.3, -0.25) is 4.79 Å². The highest BCUT2D eigenvalue weighted by molar-refractivity contribution is 5.77. The molecule has 0 radical (unpaired) electrons. The molecule has 0 atom stereocenters. The van der Waals surface area contributed by atoms with Crippen molar-refractivity contribution in [3.63, 3.8) is 0 Å². The Morgan fingerprint density at radius 3 is 2.50 bits per heavy atom. The molecular formula is C19H19N3O4. The van der Waals surface area contributed by atoms with Crippen molar-refractivity contribution in [1.29, 1.82) is 0 Å². The number of carbonyl (C=O) groups excluding carboxylic acids is 1. The van der Waals surface area contributed by atoms with Crippen LogP contribution in [-0.2, 0) is 11.3 Å². The van der Waals surface area contributed by atoms with Crippen molar-refractivity contribution in [2.24, 2.45) is 0 Å². The third-order valence-electron chi connectivity index (χ3n) is 3.72. The number of aromatic nitrogens is 2. The van der Waals surface area contributed by atoms with Crippen LogP contribution in [0, 0.1) is 0 Å². The van der Waals surface area contributed by atoms with Crippen molar-refractivity contribution in [3.8, 4) is 22.9 Å². The van der Waals surface area contributed by atoms with Crippen molar-refractivity contribution in [2.75, 3.05) is 20.8 Å². The van der Waals surface area contributed by atoms with Gasteiger partial charge in [0.15, 0.2) is 18.1 Å². The number of carbonyl (C=O) groups is 1. The topological polar surface area (TPSA) is 77.7 Å². The molecule has 7 heteroatoms. The largest absolute Gasteiger partial charge is 0.493 e. The van der Waals surface area contributed by atoms with Crippen LogP contribution in [0.2, 0.25) is 0 Å². The van der Waals surface area contributed by atoms with Crippen molar-refractivity contribution in [3.05, 3.63) is 60.5 Å². The summed E-state index contributed by atoms with van der Waals surface area (Å²) in [4.78, 5) is 18.1. The Morgan fingerprint density at radius 1 is 1.08 bits per heavy atom. The molecule has 0 bridgehead atoms. The highest BCUT2D eigenvalue weighted by Crippen LogP contribution is 2.25. The average Bonchev–Trinajstić information content (AvgIpc) is 3.15. The Hall–Kier alpha value is -3.35. The van der Waals surface area contributed by atoms with Gasteiger partial charge in [-0.05, 0) is 12.1 Å². The van der Waals surface area contributed by atoms with E-state index in [-0.39, 0.29) is 19.1 Å². The molecule has 0 unspecified atom stereocenters. The molecule has 1 aromatic heterocycles. The number of para-hydroxylation sites is 2. The molecule has 2 aromatic carbocycles. The SMILES string of the molecule is COc1ccccc1OCC(=O)N(C)Cc1nc(-c2ccccc2)no1. The van der Waals surface area contributed by atoms with Crippen LogP contribution in [0.15, 0.2) is 59.1 Å². The maximum Gasteiger partial charge on any atom is 0.260 e. The van der Waals surface area contributed by atoms with E-state index in [1.54, 1.807) is 26.3 Å². The molecule has 26 heavy (non-hydrogen) atoms. The Morgan fingerprint density at radius 2 is 1.77 bits per heavy atom. The van der Waals surface area contributed by atoms with E-state index in [2.05, 4.69) is 10.1 Å². The summed E-state index contributed by atoms with van der Waals surface area (Å²) >= 11 is 0. The number of amides is 1. The summed E-state index contributed by atoms with van der Waals surface area (Å²) in [5, 5.41) is 3.94. The van der Waals surface area contributed by atoms with E-state index in [4.69, 9.17) is 14.0 Å². The minimum Gasteiger partial charge on any atom is -0.493 e. The summed E-state index contributed by atoms with van der Waals surface area (Å²) in [6, 6.07) is 16.7. The Balaban J connectivity index is 1.57. The van der Waals surface area contributed by atoms with Crippen molar-refractivity contribution in [1.82, 2.24) is 15.0 Å². The van der Waals surface area contributed by atoms with Crippen molar-refractivity contribution in [2.45, 2.75) is 6.54 Å². The quantitative estimate of drug-likeness (QED) is 0.650. The second kappa shape index (κ2) is 8.15. The summed E-state index contributed by atoms with van der Waals surface area (Å²) in [6.07, 6.45) is 0. The first-order valence-corrected chi connectivity index (χ1v) is 8.05. The number of likely N-dealkylation sites (N-methyl/N-ethyl adjacent to an activating group) is 1. The van der Waals surface area contributed by atoms with Gasteiger partial charge in [-0.1, -0.05) is 47.6 Å². The summed E-state index contributed by atoms with van der Waals surface area (Å²) in [6.45, 7) is 0.0878. The van der Waals surface area contributed by atoms with E-state index in [1.807, 2.05) is 42.5 Å². The normalized spacial score (nSPS) is 10.4. The fourth-order valence-electron chi connectivity index (χ4n) is 2.30. The molecule has 7 nitrogen and oxygen atoms in total. The average molecular weight is 353 g/mol. The van der Waals surface area contributed by atoms with Crippen LogP contribution in [-0.4, -0.2) is 41.7 Å². The van der Waals surface area contributed by atoms with Crippen LogP contribution in [0.3, 0.4) is 0 Å². The smallest absolute Gasteiger partial charge is 0.260 e. The molecule has 0 aliphatic carbocycles. The van der Waals surface area contributed by atoms with Gasteiger partial charge in [-0.15, -0.1) is 0 Å². The number of benzene rings is 2. The van der Waals surface area contributed by atoms with E-state index in [0.717, 1.165) is 5.56 Å². The lowest BCUT2D eigenvalue weighted by molar-refractivity contribution is -0.132. The molecule has 3 rings (SSSR count). The second-order valence-corrected chi connectivity index (χ2v) is 5.57. The van der Waals surface area contributed by atoms with E-state index < -0.39 is 0 Å². The van der Waals surface area contributed by atoms with Crippen molar-refractivity contribution >= 4 is 5.91 Å². The van der Waals surface area contributed by atoms with Crippen LogP contribution < -0.4 is 9.47 Å². The predicted octanol–water partition coefficient (Wildman–Crippen LogP) is 2.78. The number of hydrogen-bond acceptors (Lipinski definition) is 6. The number of methoxy groups -OCH3 is 1. The maximum absolute atomic E-state index is 12.3. The van der Waals surface area contributed by atoms with Crippen molar-refractivity contribution < 1.29 is 18.8 Å². The summed E-state index contributed by atoms with van der Waals surface area (Å²) in [7, 11) is 3.20. The van der Waals surface area contributed by atoms with Crippen LogP contribution in [0.25, 0.3) is 11.4 Å².